The van der Waals surface area contributed by atoms with Gasteiger partial charge in [-0.2, -0.15) is 0 Å². The molecule has 2 aromatic rings. The number of carbonyl (C=O) groups excluding carboxylic acids is 2. The van der Waals surface area contributed by atoms with E-state index in [-0.39, 0.29) is 11.9 Å². The molecule has 9 heteroatoms. The quantitative estimate of drug-likeness (QED) is 0.623. The number of amides is 1. The van der Waals surface area contributed by atoms with E-state index in [4.69, 9.17) is 16.3 Å². The van der Waals surface area contributed by atoms with Crippen LogP contribution in [0.15, 0.2) is 42.6 Å². The number of allylic oxidation sites excluding steroid dienone is 2. The van der Waals surface area contributed by atoms with Gasteiger partial charge in [0.25, 0.3) is 5.91 Å². The number of aromatic nitrogens is 4. The molecule has 0 spiro atoms. The van der Waals surface area contributed by atoms with Gasteiger partial charge in [0.1, 0.15) is 0 Å². The summed E-state index contributed by atoms with van der Waals surface area (Å²) in [7, 11) is 1.31. The first kappa shape index (κ1) is 21.7. The van der Waals surface area contributed by atoms with Gasteiger partial charge in [-0.25, -0.2) is 4.79 Å². The van der Waals surface area contributed by atoms with Gasteiger partial charge >= 0.3 is 5.97 Å². The molecule has 3 rings (SSSR count). The van der Waals surface area contributed by atoms with Gasteiger partial charge in [-0.3, -0.25) is 4.79 Å². The van der Waals surface area contributed by atoms with Crippen molar-refractivity contribution in [3.05, 3.63) is 59.0 Å². The number of rotatable bonds is 7. The zero-order chi connectivity index (χ0) is 21.7. The van der Waals surface area contributed by atoms with Crippen LogP contribution in [0.25, 0.3) is 5.57 Å². The highest BCUT2D eigenvalue weighted by atomic mass is 35.5. The number of esters is 1. The SMILES string of the molecule is CCCCC1C=C(c2nnn(C(C)C(=O)OC)n2)C=CN1C(=O)c1ccc(Cl)cc1. The maximum Gasteiger partial charge on any atom is 0.332 e. The summed E-state index contributed by atoms with van der Waals surface area (Å²) in [5, 5.41) is 12.9. The zero-order valence-electron chi connectivity index (χ0n) is 17.2. The van der Waals surface area contributed by atoms with Gasteiger partial charge in [0.15, 0.2) is 6.04 Å². The molecule has 0 bridgehead atoms. The first-order valence-corrected chi connectivity index (χ1v) is 10.2. The summed E-state index contributed by atoms with van der Waals surface area (Å²) in [6, 6.07) is 6.03. The monoisotopic (exact) mass is 429 g/mol. The minimum atomic E-state index is -0.678. The molecule has 2 unspecified atom stereocenters. The smallest absolute Gasteiger partial charge is 0.332 e. The molecule has 8 nitrogen and oxygen atoms in total. The second kappa shape index (κ2) is 9.67. The van der Waals surface area contributed by atoms with Gasteiger partial charge in [-0.15, -0.1) is 15.0 Å². The topological polar surface area (TPSA) is 90.2 Å². The number of tetrazole rings is 1. The Kier molecular flexibility index (Phi) is 6.99. The molecule has 1 aromatic carbocycles. The van der Waals surface area contributed by atoms with Crippen molar-refractivity contribution >= 4 is 29.1 Å². The Morgan fingerprint density at radius 3 is 2.67 bits per heavy atom. The van der Waals surface area contributed by atoms with Crippen LogP contribution in [0.5, 0.6) is 0 Å². The molecule has 0 radical (unpaired) electrons. The third-order valence-electron chi connectivity index (χ3n) is 4.90. The van der Waals surface area contributed by atoms with Crippen molar-refractivity contribution in [3.8, 4) is 0 Å². The Morgan fingerprint density at radius 1 is 1.27 bits per heavy atom. The van der Waals surface area contributed by atoms with E-state index in [9.17, 15) is 9.59 Å². The van der Waals surface area contributed by atoms with Gasteiger partial charge in [-0.05, 0) is 48.9 Å². The van der Waals surface area contributed by atoms with Crippen LogP contribution in [0.4, 0.5) is 0 Å². The molecule has 0 fully saturated rings. The fourth-order valence-electron chi connectivity index (χ4n) is 3.13. The van der Waals surface area contributed by atoms with Crippen LogP contribution in [0.2, 0.25) is 5.02 Å². The van der Waals surface area contributed by atoms with E-state index < -0.39 is 12.0 Å². The minimum absolute atomic E-state index is 0.102. The van der Waals surface area contributed by atoms with Gasteiger partial charge in [-0.1, -0.05) is 37.4 Å². The molecule has 0 saturated heterocycles. The number of hydrogen-bond acceptors (Lipinski definition) is 6. The van der Waals surface area contributed by atoms with Crippen LogP contribution >= 0.6 is 11.6 Å². The van der Waals surface area contributed by atoms with Crippen molar-refractivity contribution in [1.29, 1.82) is 0 Å². The van der Waals surface area contributed by atoms with E-state index in [1.165, 1.54) is 11.9 Å². The van der Waals surface area contributed by atoms with Crippen LogP contribution in [-0.2, 0) is 9.53 Å². The Morgan fingerprint density at radius 2 is 2.00 bits per heavy atom. The number of hydrogen-bond donors (Lipinski definition) is 0. The summed E-state index contributed by atoms with van der Waals surface area (Å²) in [4.78, 5) is 27.7. The number of benzene rings is 1. The molecule has 0 aliphatic carbocycles. The Balaban J connectivity index is 1.84. The second-order valence-corrected chi connectivity index (χ2v) is 7.44. The average Bonchev–Trinajstić information content (AvgIpc) is 3.26. The summed E-state index contributed by atoms with van der Waals surface area (Å²) in [6.07, 6.45) is 8.27. The molecule has 2 atom stereocenters. The lowest BCUT2D eigenvalue weighted by atomic mass is 10.0. The van der Waals surface area contributed by atoms with Crippen molar-refractivity contribution in [2.24, 2.45) is 0 Å². The Labute approximate surface area is 180 Å². The molecule has 158 valence electrons. The molecule has 1 aliphatic heterocycles. The highest BCUT2D eigenvalue weighted by molar-refractivity contribution is 6.30. The molecule has 1 aromatic heterocycles. The standard InChI is InChI=1S/C21H24ClN5O3/c1-4-5-6-18-13-16(19-23-25-27(24-19)14(2)21(29)30-3)11-12-26(18)20(28)15-7-9-17(22)10-8-15/h7-14,18H,4-6H2,1-3H3. The number of halogens is 1. The highest BCUT2D eigenvalue weighted by Gasteiger charge is 2.26. The van der Waals surface area contributed by atoms with Gasteiger partial charge in [0.2, 0.25) is 5.82 Å². The maximum absolute atomic E-state index is 13.0. The third-order valence-corrected chi connectivity index (χ3v) is 5.15. The summed E-state index contributed by atoms with van der Waals surface area (Å²) >= 11 is 5.94. The van der Waals surface area contributed by atoms with Crippen molar-refractivity contribution in [1.82, 2.24) is 25.1 Å². The van der Waals surface area contributed by atoms with Gasteiger partial charge < -0.3 is 9.64 Å². The average molecular weight is 430 g/mol. The van der Waals surface area contributed by atoms with Crippen molar-refractivity contribution in [2.45, 2.75) is 45.2 Å². The van der Waals surface area contributed by atoms with Crippen molar-refractivity contribution in [2.75, 3.05) is 7.11 Å². The first-order chi connectivity index (χ1) is 14.4. The largest absolute Gasteiger partial charge is 0.467 e. The number of nitrogens with zero attached hydrogens (tertiary/aromatic N) is 5. The molecular formula is C21H24ClN5O3. The summed E-state index contributed by atoms with van der Waals surface area (Å²) in [5.41, 5.74) is 1.32. The van der Waals surface area contributed by atoms with Gasteiger partial charge in [0.05, 0.1) is 13.2 Å². The van der Waals surface area contributed by atoms with Crippen LogP contribution in [0.3, 0.4) is 0 Å². The van der Waals surface area contributed by atoms with E-state index in [1.54, 1.807) is 48.4 Å². The number of ether oxygens (including phenoxy) is 1. The van der Waals surface area contributed by atoms with E-state index in [0.717, 1.165) is 24.8 Å². The first-order valence-electron chi connectivity index (χ1n) is 9.80. The van der Waals surface area contributed by atoms with Crippen LogP contribution in [0, 0.1) is 0 Å². The van der Waals surface area contributed by atoms with E-state index in [1.807, 2.05) is 6.08 Å². The summed E-state index contributed by atoms with van der Waals surface area (Å²) < 4.78 is 4.72. The highest BCUT2D eigenvalue weighted by Crippen LogP contribution is 2.25. The lowest BCUT2D eigenvalue weighted by molar-refractivity contribution is -0.144. The van der Waals surface area contributed by atoms with Crippen LogP contribution < -0.4 is 0 Å². The van der Waals surface area contributed by atoms with Crippen LogP contribution in [0.1, 0.15) is 55.3 Å². The fraction of sp³-hybridized carbons (Fsp3) is 0.381. The Bertz CT molecular complexity index is 967. The van der Waals surface area contributed by atoms with Crippen LogP contribution in [-0.4, -0.2) is 50.1 Å². The Hall–Kier alpha value is -3.00. The third kappa shape index (κ3) is 4.76. The van der Waals surface area contributed by atoms with E-state index in [0.29, 0.717) is 16.4 Å². The fourth-order valence-corrected chi connectivity index (χ4v) is 3.25. The molecule has 1 amide bonds. The lowest BCUT2D eigenvalue weighted by Gasteiger charge is -2.30. The predicted molar refractivity (Wildman–Crippen MR) is 113 cm³/mol. The molecule has 2 heterocycles. The maximum atomic E-state index is 13.0. The number of carbonyl (C=O) groups is 2. The molecule has 0 saturated carbocycles. The molecule has 0 N–H and O–H groups in total. The zero-order valence-corrected chi connectivity index (χ0v) is 17.9. The van der Waals surface area contributed by atoms with Gasteiger partial charge in [0, 0.05) is 22.4 Å². The molecule has 1 aliphatic rings. The number of methoxy groups -OCH3 is 1. The number of unbranched alkanes of at least 4 members (excludes halogenated alkanes) is 1. The normalized spacial score (nSPS) is 16.9. The lowest BCUT2D eigenvalue weighted by Crippen LogP contribution is -2.36. The summed E-state index contributed by atoms with van der Waals surface area (Å²) in [5.74, 6) is -0.162. The van der Waals surface area contributed by atoms with E-state index >= 15 is 0 Å². The second-order valence-electron chi connectivity index (χ2n) is 7.00. The minimum Gasteiger partial charge on any atom is -0.467 e. The molecular weight excluding hydrogens is 406 g/mol. The summed E-state index contributed by atoms with van der Waals surface area (Å²) in [6.45, 7) is 3.74. The molecule has 30 heavy (non-hydrogen) atoms. The van der Waals surface area contributed by atoms with Crippen molar-refractivity contribution < 1.29 is 14.3 Å². The predicted octanol–water partition coefficient (Wildman–Crippen LogP) is 3.67. The van der Waals surface area contributed by atoms with E-state index in [2.05, 4.69) is 22.3 Å². The van der Waals surface area contributed by atoms with Crippen molar-refractivity contribution in [3.63, 3.8) is 0 Å².